The van der Waals surface area contributed by atoms with E-state index in [1.807, 2.05) is 31.2 Å². The van der Waals surface area contributed by atoms with Gasteiger partial charge in [-0.3, -0.25) is 4.90 Å². The van der Waals surface area contributed by atoms with Gasteiger partial charge in [0, 0.05) is 27.2 Å². The first-order valence-corrected chi connectivity index (χ1v) is 9.01. The number of fused-ring (bicyclic) bond motifs is 4. The number of anilines is 1. The number of rotatable bonds is 2. The molecule has 2 aromatic carbocycles. The van der Waals surface area contributed by atoms with Gasteiger partial charge in [-0.05, 0) is 43.3 Å². The molecule has 2 aromatic rings. The second-order valence-electron chi connectivity index (χ2n) is 6.32. The summed E-state index contributed by atoms with van der Waals surface area (Å²) in [5.74, 6) is 1.29. The Kier molecular flexibility index (Phi) is 3.85. The Morgan fingerprint density at radius 3 is 2.76 bits per heavy atom. The SMILES string of the molecule is COc1cc(Br)cc2c1O[C@@]1(C)C[C@H]2NC(=O)N1c1ccc(Cl)cc1. The molecule has 0 saturated carbocycles. The van der Waals surface area contributed by atoms with Crippen molar-refractivity contribution in [3.05, 3.63) is 51.5 Å². The maximum atomic E-state index is 12.8. The van der Waals surface area contributed by atoms with Gasteiger partial charge in [-0.1, -0.05) is 27.5 Å². The van der Waals surface area contributed by atoms with Crippen molar-refractivity contribution in [1.29, 1.82) is 0 Å². The zero-order valence-corrected chi connectivity index (χ0v) is 16.0. The molecule has 0 spiro atoms. The monoisotopic (exact) mass is 422 g/mol. The van der Waals surface area contributed by atoms with E-state index in [4.69, 9.17) is 21.1 Å². The molecule has 0 unspecified atom stereocenters. The van der Waals surface area contributed by atoms with Gasteiger partial charge in [0.2, 0.25) is 0 Å². The number of ether oxygens (including phenoxy) is 2. The molecule has 2 heterocycles. The van der Waals surface area contributed by atoms with Gasteiger partial charge < -0.3 is 14.8 Å². The van der Waals surface area contributed by atoms with E-state index in [9.17, 15) is 4.79 Å². The number of hydrogen-bond acceptors (Lipinski definition) is 3. The van der Waals surface area contributed by atoms with Crippen LogP contribution in [0.5, 0.6) is 11.5 Å². The van der Waals surface area contributed by atoms with E-state index in [1.54, 1.807) is 24.1 Å². The fourth-order valence-electron chi connectivity index (χ4n) is 3.53. The largest absolute Gasteiger partial charge is 0.493 e. The molecule has 0 aromatic heterocycles. The number of carbonyl (C=O) groups excluding carboxylic acids is 1. The number of hydrogen-bond donors (Lipinski definition) is 1. The Balaban J connectivity index is 1.82. The van der Waals surface area contributed by atoms with E-state index in [-0.39, 0.29) is 12.1 Å². The normalized spacial score (nSPS) is 24.2. The highest BCUT2D eigenvalue weighted by Gasteiger charge is 2.50. The smallest absolute Gasteiger partial charge is 0.325 e. The van der Waals surface area contributed by atoms with Crippen LogP contribution in [0.25, 0.3) is 0 Å². The van der Waals surface area contributed by atoms with Crippen LogP contribution in [0.2, 0.25) is 5.02 Å². The van der Waals surface area contributed by atoms with E-state index in [0.717, 1.165) is 15.7 Å². The lowest BCUT2D eigenvalue weighted by atomic mass is 9.90. The molecule has 130 valence electrons. The van der Waals surface area contributed by atoms with Crippen LogP contribution in [0, 0.1) is 0 Å². The highest BCUT2D eigenvalue weighted by Crippen LogP contribution is 2.50. The van der Waals surface area contributed by atoms with Crippen LogP contribution in [-0.4, -0.2) is 18.9 Å². The molecule has 2 aliphatic heterocycles. The van der Waals surface area contributed by atoms with Crippen LogP contribution in [0.4, 0.5) is 10.5 Å². The molecule has 25 heavy (non-hydrogen) atoms. The summed E-state index contributed by atoms with van der Waals surface area (Å²) in [6.07, 6.45) is 0.619. The third-order valence-corrected chi connectivity index (χ3v) is 5.32. The number of nitrogens with zero attached hydrogens (tertiary/aromatic N) is 1. The Labute approximate surface area is 159 Å². The van der Waals surface area contributed by atoms with Crippen molar-refractivity contribution >= 4 is 39.2 Å². The second kappa shape index (κ2) is 5.81. The Morgan fingerprint density at radius 2 is 2.08 bits per heavy atom. The fraction of sp³-hybridized carbons (Fsp3) is 0.278. The minimum absolute atomic E-state index is 0.142. The van der Waals surface area contributed by atoms with Crippen LogP contribution in [0.15, 0.2) is 40.9 Å². The predicted molar refractivity (Wildman–Crippen MR) is 99.5 cm³/mol. The molecule has 2 atom stereocenters. The molecule has 2 bridgehead atoms. The van der Waals surface area contributed by atoms with Crippen molar-refractivity contribution in [3.63, 3.8) is 0 Å². The van der Waals surface area contributed by atoms with E-state index in [2.05, 4.69) is 21.2 Å². The predicted octanol–water partition coefficient (Wildman–Crippen LogP) is 4.88. The highest BCUT2D eigenvalue weighted by molar-refractivity contribution is 9.10. The number of carbonyl (C=O) groups is 1. The van der Waals surface area contributed by atoms with Crippen molar-refractivity contribution in [2.45, 2.75) is 25.1 Å². The first-order valence-electron chi connectivity index (χ1n) is 7.84. The second-order valence-corrected chi connectivity index (χ2v) is 7.67. The summed E-state index contributed by atoms with van der Waals surface area (Å²) < 4.78 is 12.7. The molecule has 0 radical (unpaired) electrons. The third-order valence-electron chi connectivity index (χ3n) is 4.61. The third kappa shape index (κ3) is 2.64. The summed E-state index contributed by atoms with van der Waals surface area (Å²) in [6, 6.07) is 10.6. The van der Waals surface area contributed by atoms with Gasteiger partial charge in [-0.25, -0.2) is 4.79 Å². The Morgan fingerprint density at radius 1 is 1.36 bits per heavy atom. The summed E-state index contributed by atoms with van der Waals surface area (Å²) in [6.45, 7) is 1.91. The van der Waals surface area contributed by atoms with Crippen LogP contribution in [-0.2, 0) is 0 Å². The van der Waals surface area contributed by atoms with Gasteiger partial charge in [-0.15, -0.1) is 0 Å². The van der Waals surface area contributed by atoms with Crippen molar-refractivity contribution in [1.82, 2.24) is 5.32 Å². The van der Waals surface area contributed by atoms with Crippen LogP contribution in [0.1, 0.15) is 24.9 Å². The van der Waals surface area contributed by atoms with Crippen molar-refractivity contribution in [2.24, 2.45) is 0 Å². The first-order chi connectivity index (χ1) is 11.9. The Bertz CT molecular complexity index is 858. The average Bonchev–Trinajstić information content (AvgIpc) is 2.56. The van der Waals surface area contributed by atoms with Gasteiger partial charge >= 0.3 is 6.03 Å². The fourth-order valence-corrected chi connectivity index (χ4v) is 4.11. The molecule has 0 aliphatic carbocycles. The summed E-state index contributed by atoms with van der Waals surface area (Å²) >= 11 is 9.46. The molecule has 1 N–H and O–H groups in total. The summed E-state index contributed by atoms with van der Waals surface area (Å²) in [5, 5.41) is 3.68. The zero-order valence-electron chi connectivity index (χ0n) is 13.7. The van der Waals surface area contributed by atoms with Gasteiger partial charge in [0.15, 0.2) is 17.2 Å². The quantitative estimate of drug-likeness (QED) is 0.749. The molecular formula is C18H16BrClN2O3. The Hall–Kier alpha value is -1.92. The molecule has 1 saturated heterocycles. The minimum atomic E-state index is -0.824. The molecule has 4 rings (SSSR count). The van der Waals surface area contributed by atoms with E-state index >= 15 is 0 Å². The van der Waals surface area contributed by atoms with E-state index < -0.39 is 5.72 Å². The van der Waals surface area contributed by atoms with Crippen molar-refractivity contribution in [3.8, 4) is 11.5 Å². The van der Waals surface area contributed by atoms with Gasteiger partial charge in [0.05, 0.1) is 13.2 Å². The lowest BCUT2D eigenvalue weighted by Gasteiger charge is -2.50. The topological polar surface area (TPSA) is 50.8 Å². The summed E-state index contributed by atoms with van der Waals surface area (Å²) in [5.41, 5.74) is 0.810. The molecular weight excluding hydrogens is 408 g/mol. The molecule has 2 amide bonds. The zero-order chi connectivity index (χ0) is 17.8. The first kappa shape index (κ1) is 16.5. The van der Waals surface area contributed by atoms with Gasteiger partial charge in [-0.2, -0.15) is 0 Å². The molecule has 1 fully saturated rings. The van der Waals surface area contributed by atoms with Crippen LogP contribution in [0.3, 0.4) is 0 Å². The maximum Gasteiger partial charge on any atom is 0.325 e. The minimum Gasteiger partial charge on any atom is -0.493 e. The van der Waals surface area contributed by atoms with Gasteiger partial charge in [0.25, 0.3) is 0 Å². The number of halogens is 2. The maximum absolute atomic E-state index is 12.8. The summed E-state index contributed by atoms with van der Waals surface area (Å²) in [7, 11) is 1.60. The van der Waals surface area contributed by atoms with Crippen LogP contribution >= 0.6 is 27.5 Å². The summed E-state index contributed by atoms with van der Waals surface area (Å²) in [4.78, 5) is 14.4. The number of urea groups is 1. The van der Waals surface area contributed by atoms with Crippen molar-refractivity contribution in [2.75, 3.05) is 12.0 Å². The number of nitrogens with one attached hydrogen (secondary N) is 1. The van der Waals surface area contributed by atoms with Gasteiger partial charge in [0.1, 0.15) is 0 Å². The average molecular weight is 424 g/mol. The lowest BCUT2D eigenvalue weighted by molar-refractivity contribution is 0.0349. The number of methoxy groups -OCH3 is 1. The number of amides is 2. The molecule has 7 heteroatoms. The number of benzene rings is 2. The highest BCUT2D eigenvalue weighted by atomic mass is 79.9. The molecule has 2 aliphatic rings. The standard InChI is InChI=1S/C18H16BrClN2O3/c1-18-9-14(13-7-10(19)8-15(24-2)16(13)25-18)21-17(23)22(18)12-5-3-11(20)4-6-12/h3-8,14H,9H2,1-2H3,(H,21,23)/t14-,18+/m1/s1. The van der Waals surface area contributed by atoms with Crippen LogP contribution < -0.4 is 19.7 Å². The molecule has 5 nitrogen and oxygen atoms in total. The van der Waals surface area contributed by atoms with E-state index in [1.165, 1.54) is 0 Å². The van der Waals surface area contributed by atoms with Crippen molar-refractivity contribution < 1.29 is 14.3 Å². The lowest BCUT2D eigenvalue weighted by Crippen LogP contribution is -2.65. The van der Waals surface area contributed by atoms with E-state index in [0.29, 0.717) is 22.9 Å².